The lowest BCUT2D eigenvalue weighted by molar-refractivity contribution is 0.0943. The van der Waals surface area contributed by atoms with E-state index in [0.29, 0.717) is 11.1 Å². The molecule has 3 rings (SSSR count). The Labute approximate surface area is 213 Å². The van der Waals surface area contributed by atoms with Crippen LogP contribution in [0.5, 0.6) is 0 Å². The highest BCUT2D eigenvalue weighted by Crippen LogP contribution is 2.10. The van der Waals surface area contributed by atoms with Gasteiger partial charge < -0.3 is 0 Å². The summed E-state index contributed by atoms with van der Waals surface area (Å²) in [6.45, 7) is 8.01. The lowest BCUT2D eigenvalue weighted by Gasteiger charge is -2.06. The second-order valence-corrected chi connectivity index (χ2v) is 8.75. The number of hydrazone groups is 2. The van der Waals surface area contributed by atoms with Gasteiger partial charge in [-0.05, 0) is 73.2 Å². The Balaban J connectivity index is 1.56. The predicted molar refractivity (Wildman–Crippen MR) is 147 cm³/mol. The molecular formula is C30H34N4O2. The number of aryl methyl sites for hydroxylation is 2. The summed E-state index contributed by atoms with van der Waals surface area (Å²) in [4.78, 5) is 25.0. The molecule has 0 aliphatic heterocycles. The van der Waals surface area contributed by atoms with E-state index in [9.17, 15) is 9.59 Å². The fourth-order valence-electron chi connectivity index (χ4n) is 3.70. The molecule has 0 aliphatic carbocycles. The van der Waals surface area contributed by atoms with E-state index in [2.05, 4.69) is 59.2 Å². The van der Waals surface area contributed by atoms with Gasteiger partial charge in [-0.15, -0.1) is 0 Å². The molecular weight excluding hydrogens is 448 g/mol. The van der Waals surface area contributed by atoms with E-state index in [0.717, 1.165) is 48.2 Å². The van der Waals surface area contributed by atoms with Gasteiger partial charge in [0.05, 0.1) is 11.4 Å². The number of carbonyl (C=O) groups is 2. The number of amides is 2. The Kier molecular flexibility index (Phi) is 9.69. The van der Waals surface area contributed by atoms with Gasteiger partial charge in [0.2, 0.25) is 0 Å². The first-order valence-electron chi connectivity index (χ1n) is 12.4. The maximum atomic E-state index is 12.5. The van der Waals surface area contributed by atoms with Gasteiger partial charge in [-0.25, -0.2) is 10.9 Å². The summed E-state index contributed by atoms with van der Waals surface area (Å²) in [6.07, 6.45) is 4.28. The molecule has 3 aromatic carbocycles. The molecule has 0 atom stereocenters. The molecule has 36 heavy (non-hydrogen) atoms. The van der Waals surface area contributed by atoms with E-state index >= 15 is 0 Å². The van der Waals surface area contributed by atoms with Gasteiger partial charge in [0.25, 0.3) is 11.8 Å². The third-order valence-corrected chi connectivity index (χ3v) is 5.88. The molecule has 186 valence electrons. The van der Waals surface area contributed by atoms with Crippen LogP contribution < -0.4 is 10.9 Å². The van der Waals surface area contributed by atoms with Crippen LogP contribution in [0, 0.1) is 0 Å². The fraction of sp³-hybridized carbons (Fsp3) is 0.267. The lowest BCUT2D eigenvalue weighted by atomic mass is 10.1. The minimum atomic E-state index is -0.343. The Morgan fingerprint density at radius 2 is 0.861 bits per heavy atom. The summed E-state index contributed by atoms with van der Waals surface area (Å²) in [6, 6.07) is 22.7. The number of hydrogen-bond acceptors (Lipinski definition) is 4. The molecule has 6 nitrogen and oxygen atoms in total. The van der Waals surface area contributed by atoms with E-state index in [1.165, 1.54) is 11.1 Å². The number of benzene rings is 3. The summed E-state index contributed by atoms with van der Waals surface area (Å²) in [5, 5.41) is 8.43. The van der Waals surface area contributed by atoms with Crippen molar-refractivity contribution in [1.82, 2.24) is 10.9 Å². The van der Waals surface area contributed by atoms with Crippen molar-refractivity contribution in [3.63, 3.8) is 0 Å². The van der Waals surface area contributed by atoms with Gasteiger partial charge in [0.1, 0.15) is 0 Å². The molecule has 2 amide bonds. The Morgan fingerprint density at radius 1 is 0.556 bits per heavy atom. The summed E-state index contributed by atoms with van der Waals surface area (Å²) >= 11 is 0. The third-order valence-electron chi connectivity index (χ3n) is 5.88. The Hall–Kier alpha value is -4.06. The first kappa shape index (κ1) is 26.5. The molecule has 3 aromatic rings. The van der Waals surface area contributed by atoms with Crippen LogP contribution in [0.25, 0.3) is 0 Å². The first-order chi connectivity index (χ1) is 17.4. The Morgan fingerprint density at radius 3 is 1.17 bits per heavy atom. The number of hydrogen-bond donors (Lipinski definition) is 2. The predicted octanol–water partition coefficient (Wildman–Crippen LogP) is 5.90. The van der Waals surface area contributed by atoms with E-state index < -0.39 is 0 Å². The van der Waals surface area contributed by atoms with Crippen molar-refractivity contribution in [3.05, 3.63) is 106 Å². The molecule has 0 aliphatic rings. The van der Waals surface area contributed by atoms with Crippen LogP contribution >= 0.6 is 0 Å². The average Bonchev–Trinajstić information content (AvgIpc) is 2.91. The topological polar surface area (TPSA) is 82.9 Å². The molecule has 0 unspecified atom stereocenters. The summed E-state index contributed by atoms with van der Waals surface area (Å²) in [5.74, 6) is -0.686. The average molecular weight is 483 g/mol. The minimum absolute atomic E-state index is 0.343. The zero-order valence-electron chi connectivity index (χ0n) is 21.5. The van der Waals surface area contributed by atoms with Gasteiger partial charge in [-0.3, -0.25) is 9.59 Å². The van der Waals surface area contributed by atoms with Crippen LogP contribution in [0.15, 0.2) is 83.0 Å². The standard InChI is InChI=1S/C30H34N4O2/c1-5-7-23-9-13-25(14-10-23)21(3)31-33-29(35)27-17-19-28(20-18-27)30(36)34-32-22(4)26-15-11-24(8-6-2)12-16-26/h9-20H,5-8H2,1-4H3,(H,33,35)(H,34,36)/b31-21+,32-22+. The van der Waals surface area contributed by atoms with E-state index in [4.69, 9.17) is 0 Å². The highest BCUT2D eigenvalue weighted by atomic mass is 16.2. The molecule has 0 heterocycles. The van der Waals surface area contributed by atoms with Crippen molar-refractivity contribution in [2.24, 2.45) is 10.2 Å². The van der Waals surface area contributed by atoms with Gasteiger partial charge in [-0.2, -0.15) is 10.2 Å². The monoisotopic (exact) mass is 482 g/mol. The maximum Gasteiger partial charge on any atom is 0.271 e. The maximum absolute atomic E-state index is 12.5. The molecule has 0 fully saturated rings. The van der Waals surface area contributed by atoms with E-state index in [1.54, 1.807) is 24.3 Å². The fourth-order valence-corrected chi connectivity index (χ4v) is 3.70. The molecule has 0 bridgehead atoms. The van der Waals surface area contributed by atoms with Gasteiger partial charge in [-0.1, -0.05) is 75.2 Å². The largest absolute Gasteiger partial charge is 0.271 e. The van der Waals surface area contributed by atoms with Crippen molar-refractivity contribution in [1.29, 1.82) is 0 Å². The van der Waals surface area contributed by atoms with Crippen molar-refractivity contribution in [2.75, 3.05) is 0 Å². The SMILES string of the molecule is CCCc1ccc(/C(C)=N/NC(=O)c2ccc(C(=O)N/N=C(\C)c3ccc(CCC)cc3)cc2)cc1. The molecule has 0 aromatic heterocycles. The van der Waals surface area contributed by atoms with Crippen LogP contribution in [0.3, 0.4) is 0 Å². The number of carbonyl (C=O) groups excluding carboxylic acids is 2. The van der Waals surface area contributed by atoms with Crippen LogP contribution in [0.4, 0.5) is 0 Å². The van der Waals surface area contributed by atoms with Crippen LogP contribution in [0.2, 0.25) is 0 Å². The second kappa shape index (κ2) is 13.1. The highest BCUT2D eigenvalue weighted by molar-refractivity contribution is 6.02. The molecule has 2 N–H and O–H groups in total. The normalized spacial score (nSPS) is 11.8. The summed E-state index contributed by atoms with van der Waals surface area (Å²) in [5.41, 5.74) is 11.9. The third kappa shape index (κ3) is 7.47. The molecule has 6 heteroatoms. The summed E-state index contributed by atoms with van der Waals surface area (Å²) < 4.78 is 0. The molecule has 0 saturated carbocycles. The van der Waals surface area contributed by atoms with E-state index in [1.807, 2.05) is 38.1 Å². The summed E-state index contributed by atoms with van der Waals surface area (Å²) in [7, 11) is 0. The van der Waals surface area contributed by atoms with Gasteiger partial charge >= 0.3 is 0 Å². The number of nitrogens with one attached hydrogen (secondary N) is 2. The van der Waals surface area contributed by atoms with Crippen molar-refractivity contribution in [2.45, 2.75) is 53.4 Å². The van der Waals surface area contributed by atoms with Crippen molar-refractivity contribution >= 4 is 23.2 Å². The van der Waals surface area contributed by atoms with Crippen molar-refractivity contribution in [3.8, 4) is 0 Å². The van der Waals surface area contributed by atoms with E-state index in [-0.39, 0.29) is 11.8 Å². The van der Waals surface area contributed by atoms with Crippen LogP contribution in [-0.4, -0.2) is 23.2 Å². The molecule has 0 saturated heterocycles. The highest BCUT2D eigenvalue weighted by Gasteiger charge is 2.09. The quantitative estimate of drug-likeness (QED) is 0.279. The molecule has 0 spiro atoms. The van der Waals surface area contributed by atoms with Crippen molar-refractivity contribution < 1.29 is 9.59 Å². The smallest absolute Gasteiger partial charge is 0.267 e. The second-order valence-electron chi connectivity index (χ2n) is 8.75. The molecule has 0 radical (unpaired) electrons. The van der Waals surface area contributed by atoms with Gasteiger partial charge in [0.15, 0.2) is 0 Å². The minimum Gasteiger partial charge on any atom is -0.267 e. The van der Waals surface area contributed by atoms with Crippen LogP contribution in [0.1, 0.15) is 83.5 Å². The first-order valence-corrected chi connectivity index (χ1v) is 12.4. The zero-order chi connectivity index (χ0) is 25.9. The Bertz CT molecular complexity index is 1130. The van der Waals surface area contributed by atoms with Crippen LogP contribution in [-0.2, 0) is 12.8 Å². The van der Waals surface area contributed by atoms with Gasteiger partial charge in [0, 0.05) is 11.1 Å². The zero-order valence-corrected chi connectivity index (χ0v) is 21.5. The number of rotatable bonds is 10. The number of nitrogens with zero attached hydrogens (tertiary/aromatic N) is 2. The lowest BCUT2D eigenvalue weighted by Crippen LogP contribution is -2.21.